The third kappa shape index (κ3) is 11.7. The Hall–Kier alpha value is -0.120. The molecule has 0 aromatic heterocycles. The highest BCUT2D eigenvalue weighted by atomic mass is 17.2. The SMILES string of the molecule is CC(C)(CCC(C)(C)OOC(C)(C)C)COC(C)(C)C. The molecule has 3 nitrogen and oxygen atoms in total. The molecule has 122 valence electrons. The van der Waals surface area contributed by atoms with E-state index in [2.05, 4.69) is 48.5 Å². The van der Waals surface area contributed by atoms with Gasteiger partial charge in [0.15, 0.2) is 0 Å². The lowest BCUT2D eigenvalue weighted by molar-refractivity contribution is -0.398. The molecule has 0 heterocycles. The van der Waals surface area contributed by atoms with Gasteiger partial charge in [0.05, 0.1) is 23.4 Å². The number of hydrogen-bond donors (Lipinski definition) is 0. The van der Waals surface area contributed by atoms with E-state index in [1.54, 1.807) is 0 Å². The molecule has 0 aromatic rings. The van der Waals surface area contributed by atoms with Crippen LogP contribution in [0.4, 0.5) is 0 Å². The van der Waals surface area contributed by atoms with Crippen molar-refractivity contribution < 1.29 is 14.5 Å². The average Bonchev–Trinajstić information content (AvgIpc) is 2.20. The summed E-state index contributed by atoms with van der Waals surface area (Å²) in [6.45, 7) is 21.6. The zero-order valence-electron chi connectivity index (χ0n) is 15.3. The maximum Gasteiger partial charge on any atom is 0.0980 e. The molecule has 0 aromatic carbocycles. The van der Waals surface area contributed by atoms with Crippen LogP contribution < -0.4 is 0 Å². The maximum atomic E-state index is 5.90. The first-order valence-corrected chi connectivity index (χ1v) is 7.63. The second-order valence-electron chi connectivity index (χ2n) is 9.10. The van der Waals surface area contributed by atoms with Gasteiger partial charge in [0.2, 0.25) is 0 Å². The second-order valence-corrected chi connectivity index (χ2v) is 9.10. The summed E-state index contributed by atoms with van der Waals surface area (Å²) in [4.78, 5) is 11.0. The van der Waals surface area contributed by atoms with Gasteiger partial charge in [-0.25, -0.2) is 9.78 Å². The largest absolute Gasteiger partial charge is 0.375 e. The topological polar surface area (TPSA) is 27.7 Å². The van der Waals surface area contributed by atoms with Crippen molar-refractivity contribution >= 4 is 0 Å². The molecule has 0 saturated carbocycles. The molecular formula is C17H36O3. The molecule has 0 saturated heterocycles. The fraction of sp³-hybridized carbons (Fsp3) is 1.00. The highest BCUT2D eigenvalue weighted by molar-refractivity contribution is 4.76. The van der Waals surface area contributed by atoms with Crippen molar-refractivity contribution in [3.63, 3.8) is 0 Å². The van der Waals surface area contributed by atoms with Gasteiger partial charge < -0.3 is 4.74 Å². The van der Waals surface area contributed by atoms with Crippen LogP contribution in [0.15, 0.2) is 0 Å². The first-order chi connectivity index (χ1) is 8.62. The summed E-state index contributed by atoms with van der Waals surface area (Å²) in [5, 5.41) is 0. The fourth-order valence-electron chi connectivity index (χ4n) is 1.40. The van der Waals surface area contributed by atoms with E-state index in [-0.39, 0.29) is 22.2 Å². The molecule has 0 N–H and O–H groups in total. The molecule has 20 heavy (non-hydrogen) atoms. The molecule has 0 bridgehead atoms. The molecule has 0 aliphatic rings. The van der Waals surface area contributed by atoms with E-state index >= 15 is 0 Å². The Labute approximate surface area is 126 Å². The minimum absolute atomic E-state index is 0.0847. The molecule has 0 atom stereocenters. The summed E-state index contributed by atoms with van der Waals surface area (Å²) in [6, 6.07) is 0. The minimum Gasteiger partial charge on any atom is -0.375 e. The fourth-order valence-corrected chi connectivity index (χ4v) is 1.40. The van der Waals surface area contributed by atoms with E-state index in [0.717, 1.165) is 19.4 Å². The molecule has 3 heteroatoms. The zero-order valence-corrected chi connectivity index (χ0v) is 15.3. The van der Waals surface area contributed by atoms with E-state index in [1.165, 1.54) is 0 Å². The van der Waals surface area contributed by atoms with Crippen LogP contribution in [0.3, 0.4) is 0 Å². The summed E-state index contributed by atoms with van der Waals surface area (Å²) in [5.74, 6) is 0. The normalized spacial score (nSPS) is 14.7. The lowest BCUT2D eigenvalue weighted by Gasteiger charge is -2.33. The van der Waals surface area contributed by atoms with Gasteiger partial charge in [-0.3, -0.25) is 0 Å². The zero-order chi connectivity index (χ0) is 16.2. The lowest BCUT2D eigenvalue weighted by atomic mass is 9.84. The van der Waals surface area contributed by atoms with Gasteiger partial charge in [0.1, 0.15) is 0 Å². The van der Waals surface area contributed by atoms with Crippen LogP contribution in [-0.2, 0) is 14.5 Å². The predicted octanol–water partition coefficient (Wildman–Crippen LogP) is 5.13. The van der Waals surface area contributed by atoms with Gasteiger partial charge in [-0.15, -0.1) is 0 Å². The summed E-state index contributed by atoms with van der Waals surface area (Å²) < 4.78 is 5.90. The maximum absolute atomic E-state index is 5.90. The van der Waals surface area contributed by atoms with Crippen LogP contribution in [0.2, 0.25) is 0 Å². The Bertz CT molecular complexity index is 250. The Kier molecular flexibility index (Phi) is 6.72. The van der Waals surface area contributed by atoms with Crippen LogP contribution in [-0.4, -0.2) is 23.4 Å². The van der Waals surface area contributed by atoms with Crippen LogP contribution >= 0.6 is 0 Å². The highest BCUT2D eigenvalue weighted by Gasteiger charge is 2.29. The van der Waals surface area contributed by atoms with E-state index in [9.17, 15) is 0 Å². The van der Waals surface area contributed by atoms with E-state index in [1.807, 2.05) is 20.8 Å². The molecular weight excluding hydrogens is 252 g/mol. The Morgan fingerprint density at radius 1 is 0.600 bits per heavy atom. The van der Waals surface area contributed by atoms with Gasteiger partial charge in [-0.2, -0.15) is 0 Å². The summed E-state index contributed by atoms with van der Waals surface area (Å²) >= 11 is 0. The highest BCUT2D eigenvalue weighted by Crippen LogP contribution is 2.30. The minimum atomic E-state index is -0.285. The van der Waals surface area contributed by atoms with Crippen LogP contribution in [0, 0.1) is 5.41 Å². The monoisotopic (exact) mass is 288 g/mol. The molecule has 0 amide bonds. The van der Waals surface area contributed by atoms with Crippen LogP contribution in [0.1, 0.15) is 82.1 Å². The standard InChI is InChI=1S/C17H36O3/c1-14(2,3)18-13-16(7,8)11-12-17(9,10)20-19-15(4,5)6/h11-13H2,1-10H3. The second kappa shape index (κ2) is 6.76. The third-order valence-electron chi connectivity index (χ3n) is 2.82. The van der Waals surface area contributed by atoms with E-state index < -0.39 is 0 Å². The van der Waals surface area contributed by atoms with Crippen LogP contribution in [0.5, 0.6) is 0 Å². The van der Waals surface area contributed by atoms with E-state index in [4.69, 9.17) is 14.5 Å². The first kappa shape index (κ1) is 19.9. The van der Waals surface area contributed by atoms with Gasteiger partial charge in [-0.1, -0.05) is 13.8 Å². The van der Waals surface area contributed by atoms with Crippen molar-refractivity contribution in [2.24, 2.45) is 5.41 Å². The first-order valence-electron chi connectivity index (χ1n) is 7.63. The van der Waals surface area contributed by atoms with E-state index in [0.29, 0.717) is 0 Å². The average molecular weight is 288 g/mol. The lowest BCUT2D eigenvalue weighted by Crippen LogP contribution is -2.33. The van der Waals surface area contributed by atoms with Crippen molar-refractivity contribution in [1.29, 1.82) is 0 Å². The van der Waals surface area contributed by atoms with Crippen molar-refractivity contribution in [1.82, 2.24) is 0 Å². The molecule has 0 radical (unpaired) electrons. The van der Waals surface area contributed by atoms with Crippen molar-refractivity contribution in [2.75, 3.05) is 6.61 Å². The van der Waals surface area contributed by atoms with Crippen molar-refractivity contribution in [3.05, 3.63) is 0 Å². The predicted molar refractivity (Wildman–Crippen MR) is 84.7 cm³/mol. The molecule has 0 spiro atoms. The molecule has 0 rings (SSSR count). The quantitative estimate of drug-likeness (QED) is 0.480. The summed E-state index contributed by atoms with van der Waals surface area (Å²) in [7, 11) is 0. The third-order valence-corrected chi connectivity index (χ3v) is 2.82. The van der Waals surface area contributed by atoms with Gasteiger partial charge >= 0.3 is 0 Å². The summed E-state index contributed by atoms with van der Waals surface area (Å²) in [6.07, 6.45) is 1.97. The Balaban J connectivity index is 4.23. The summed E-state index contributed by atoms with van der Waals surface area (Å²) in [5.41, 5.74) is -0.511. The number of rotatable bonds is 7. The Morgan fingerprint density at radius 2 is 1.10 bits per heavy atom. The molecule has 0 unspecified atom stereocenters. The van der Waals surface area contributed by atoms with Gasteiger partial charge in [0.25, 0.3) is 0 Å². The molecule has 0 aliphatic heterocycles. The van der Waals surface area contributed by atoms with Crippen molar-refractivity contribution in [2.45, 2.75) is 98.9 Å². The number of ether oxygens (including phenoxy) is 1. The smallest absolute Gasteiger partial charge is 0.0980 e. The Morgan fingerprint density at radius 3 is 1.50 bits per heavy atom. The molecule has 0 aliphatic carbocycles. The number of hydrogen-bond acceptors (Lipinski definition) is 3. The van der Waals surface area contributed by atoms with Crippen LogP contribution in [0.25, 0.3) is 0 Å². The molecule has 0 fully saturated rings. The van der Waals surface area contributed by atoms with Gasteiger partial charge in [-0.05, 0) is 73.6 Å². The van der Waals surface area contributed by atoms with Gasteiger partial charge in [0, 0.05) is 0 Å². The van der Waals surface area contributed by atoms with Crippen molar-refractivity contribution in [3.8, 4) is 0 Å².